The molecule has 0 radical (unpaired) electrons. The Morgan fingerprint density at radius 1 is 0.556 bits per heavy atom. The van der Waals surface area contributed by atoms with Crippen LogP contribution >= 0.6 is 0 Å². The molecule has 2 fully saturated rings. The summed E-state index contributed by atoms with van der Waals surface area (Å²) in [6.07, 6.45) is 32.6. The highest BCUT2D eigenvalue weighted by molar-refractivity contribution is 4.91. The van der Waals surface area contributed by atoms with Gasteiger partial charge in [-0.1, -0.05) is 157 Å². The second-order valence-electron chi connectivity index (χ2n) is 14.3. The summed E-state index contributed by atoms with van der Waals surface area (Å²) in [5.41, 5.74) is 0. The number of unbranched alkanes of at least 4 members (excludes halogenated alkanes) is 10. The Labute approximate surface area is 230 Å². The van der Waals surface area contributed by atoms with E-state index in [1.807, 2.05) is 0 Å². The lowest BCUT2D eigenvalue weighted by atomic mass is 9.60. The van der Waals surface area contributed by atoms with Crippen LogP contribution in [0.25, 0.3) is 0 Å². The van der Waals surface area contributed by atoms with Gasteiger partial charge in [0, 0.05) is 0 Å². The number of hydrogen-bond acceptors (Lipinski definition) is 0. The number of rotatable bonds is 18. The van der Waals surface area contributed by atoms with Crippen molar-refractivity contribution in [3.63, 3.8) is 0 Å². The number of hydrogen-bond donors (Lipinski definition) is 0. The van der Waals surface area contributed by atoms with E-state index in [1.54, 1.807) is 25.7 Å². The second-order valence-corrected chi connectivity index (χ2v) is 14.3. The lowest BCUT2D eigenvalue weighted by molar-refractivity contribution is 0.0446. The van der Waals surface area contributed by atoms with E-state index in [0.717, 1.165) is 47.3 Å². The lowest BCUT2D eigenvalue weighted by Crippen LogP contribution is -2.37. The van der Waals surface area contributed by atoms with E-state index < -0.39 is 0 Å². The monoisotopic (exact) mass is 503 g/mol. The fourth-order valence-electron chi connectivity index (χ4n) is 8.70. The van der Waals surface area contributed by atoms with Gasteiger partial charge in [-0.25, -0.2) is 0 Å². The minimum Gasteiger partial charge on any atom is -0.0654 e. The van der Waals surface area contributed by atoms with Gasteiger partial charge in [0.25, 0.3) is 0 Å². The Balaban J connectivity index is 2.09. The van der Waals surface area contributed by atoms with Gasteiger partial charge >= 0.3 is 0 Å². The molecule has 0 aromatic rings. The molecule has 0 heteroatoms. The van der Waals surface area contributed by atoms with Gasteiger partial charge in [-0.15, -0.1) is 0 Å². The largest absolute Gasteiger partial charge is 0.0654 e. The fraction of sp³-hybridized carbons (Fsp3) is 1.00. The van der Waals surface area contributed by atoms with E-state index >= 15 is 0 Å². The maximum absolute atomic E-state index is 2.70. The molecule has 2 aliphatic carbocycles. The maximum Gasteiger partial charge on any atom is -0.0331 e. The van der Waals surface area contributed by atoms with Crippen LogP contribution in [0.4, 0.5) is 0 Å². The minimum absolute atomic E-state index is 0.923. The van der Waals surface area contributed by atoms with Crippen LogP contribution < -0.4 is 0 Å². The summed E-state index contributed by atoms with van der Waals surface area (Å²) in [4.78, 5) is 0. The first kappa shape index (κ1) is 32.2. The molecular weight excluding hydrogens is 432 g/mol. The topological polar surface area (TPSA) is 0 Å². The summed E-state index contributed by atoms with van der Waals surface area (Å²) < 4.78 is 0. The van der Waals surface area contributed by atoms with Crippen LogP contribution in [0.1, 0.15) is 183 Å². The zero-order chi connectivity index (χ0) is 26.2. The predicted molar refractivity (Wildman–Crippen MR) is 164 cm³/mol. The second kappa shape index (κ2) is 19.1. The summed E-state index contributed by atoms with van der Waals surface area (Å²) >= 11 is 0. The van der Waals surface area contributed by atoms with Crippen molar-refractivity contribution in [2.75, 3.05) is 0 Å². The van der Waals surface area contributed by atoms with Crippen molar-refractivity contribution in [3.8, 4) is 0 Å². The van der Waals surface area contributed by atoms with Gasteiger partial charge in [-0.2, -0.15) is 0 Å². The Morgan fingerprint density at radius 2 is 1.06 bits per heavy atom. The van der Waals surface area contributed by atoms with Crippen LogP contribution in [0.15, 0.2) is 0 Å². The summed E-state index contributed by atoms with van der Waals surface area (Å²) in [6, 6.07) is 0. The average Bonchev–Trinajstić information content (AvgIpc) is 3.05. The van der Waals surface area contributed by atoms with E-state index in [2.05, 4.69) is 41.5 Å². The van der Waals surface area contributed by atoms with Crippen LogP contribution in [-0.4, -0.2) is 0 Å². The Kier molecular flexibility index (Phi) is 17.1. The van der Waals surface area contributed by atoms with Crippen molar-refractivity contribution in [1.82, 2.24) is 0 Å². The molecule has 5 atom stereocenters. The van der Waals surface area contributed by atoms with Gasteiger partial charge in [0.2, 0.25) is 0 Å². The SMILES string of the molecule is CCCCCCCCC(C)C(C(C)CCCCCCCC)C1CC(C)CCCC1C1CCC(C)CC1. The van der Waals surface area contributed by atoms with E-state index in [9.17, 15) is 0 Å². The van der Waals surface area contributed by atoms with Crippen LogP contribution in [0.5, 0.6) is 0 Å². The summed E-state index contributed by atoms with van der Waals surface area (Å²) in [5.74, 6) is 7.84. The van der Waals surface area contributed by atoms with Crippen LogP contribution in [-0.2, 0) is 0 Å². The third-order valence-electron chi connectivity index (χ3n) is 11.0. The van der Waals surface area contributed by atoms with Gasteiger partial charge in [0.05, 0.1) is 0 Å². The van der Waals surface area contributed by atoms with Gasteiger partial charge in [0.1, 0.15) is 0 Å². The molecule has 2 rings (SSSR count). The summed E-state index contributed by atoms with van der Waals surface area (Å²) in [6.45, 7) is 15.2. The van der Waals surface area contributed by atoms with Crippen LogP contribution in [0.2, 0.25) is 0 Å². The van der Waals surface area contributed by atoms with Gasteiger partial charge in [-0.05, 0) is 73.0 Å². The molecule has 0 bridgehead atoms. The lowest BCUT2D eigenvalue weighted by Gasteiger charge is -2.45. The highest BCUT2D eigenvalue weighted by Crippen LogP contribution is 2.50. The smallest absolute Gasteiger partial charge is 0.0331 e. The molecule has 0 aromatic heterocycles. The quantitative estimate of drug-likeness (QED) is 0.129. The Morgan fingerprint density at radius 3 is 1.58 bits per heavy atom. The molecular formula is C36H70. The van der Waals surface area contributed by atoms with Crippen molar-refractivity contribution < 1.29 is 0 Å². The fourth-order valence-corrected chi connectivity index (χ4v) is 8.70. The first-order valence-corrected chi connectivity index (χ1v) is 17.5. The average molecular weight is 503 g/mol. The molecule has 0 aromatic carbocycles. The Bertz CT molecular complexity index is 478. The Hall–Kier alpha value is 0. The molecule has 2 saturated carbocycles. The normalized spacial score (nSPS) is 30.0. The van der Waals surface area contributed by atoms with E-state index in [4.69, 9.17) is 0 Å². The first-order valence-electron chi connectivity index (χ1n) is 17.5. The highest BCUT2D eigenvalue weighted by atomic mass is 14.5. The van der Waals surface area contributed by atoms with Gasteiger partial charge in [0.15, 0.2) is 0 Å². The molecule has 36 heavy (non-hydrogen) atoms. The highest BCUT2D eigenvalue weighted by Gasteiger charge is 2.41. The molecule has 2 aliphatic rings. The molecule has 5 unspecified atom stereocenters. The maximum atomic E-state index is 2.70. The van der Waals surface area contributed by atoms with Crippen molar-refractivity contribution in [2.45, 2.75) is 183 Å². The minimum atomic E-state index is 0.923. The zero-order valence-electron chi connectivity index (χ0n) is 26.2. The van der Waals surface area contributed by atoms with E-state index in [0.29, 0.717) is 0 Å². The summed E-state index contributed by atoms with van der Waals surface area (Å²) in [5, 5.41) is 0. The zero-order valence-corrected chi connectivity index (χ0v) is 26.2. The predicted octanol–water partition coefficient (Wildman–Crippen LogP) is 12.6. The van der Waals surface area contributed by atoms with E-state index in [1.165, 1.54) is 116 Å². The van der Waals surface area contributed by atoms with Crippen molar-refractivity contribution in [1.29, 1.82) is 0 Å². The molecule has 214 valence electrons. The molecule has 0 aliphatic heterocycles. The molecule has 0 N–H and O–H groups in total. The first-order chi connectivity index (χ1) is 17.5. The van der Waals surface area contributed by atoms with Gasteiger partial charge in [-0.3, -0.25) is 0 Å². The van der Waals surface area contributed by atoms with Crippen LogP contribution in [0, 0.1) is 47.3 Å². The third kappa shape index (κ3) is 11.8. The summed E-state index contributed by atoms with van der Waals surface area (Å²) in [7, 11) is 0. The molecule has 0 amide bonds. The molecule has 0 nitrogen and oxygen atoms in total. The van der Waals surface area contributed by atoms with Gasteiger partial charge < -0.3 is 0 Å². The van der Waals surface area contributed by atoms with Crippen LogP contribution in [0.3, 0.4) is 0 Å². The van der Waals surface area contributed by atoms with E-state index in [-0.39, 0.29) is 0 Å². The standard InChI is InChI=1S/C36H70/c1-7-9-11-13-15-17-21-31(5)36(32(6)22-18-16-14-12-10-8-2)35-28-30(4)20-19-23-34(35)33-26-24-29(3)25-27-33/h29-36H,7-28H2,1-6H3. The van der Waals surface area contributed by atoms with Crippen molar-refractivity contribution >= 4 is 0 Å². The molecule has 0 spiro atoms. The van der Waals surface area contributed by atoms with Crippen molar-refractivity contribution in [3.05, 3.63) is 0 Å². The third-order valence-corrected chi connectivity index (χ3v) is 11.0. The molecule has 0 saturated heterocycles. The van der Waals surface area contributed by atoms with Crippen molar-refractivity contribution in [2.24, 2.45) is 47.3 Å². The molecule has 0 heterocycles.